The highest BCUT2D eigenvalue weighted by molar-refractivity contribution is 7.66. The van der Waals surface area contributed by atoms with E-state index >= 15 is 0 Å². The third kappa shape index (κ3) is 3.28. The van der Waals surface area contributed by atoms with Crippen molar-refractivity contribution in [2.24, 2.45) is 0 Å². The molecule has 5 heteroatoms. The third-order valence-electron chi connectivity index (χ3n) is 2.78. The lowest BCUT2D eigenvalue weighted by atomic mass is 10.2. The third-order valence-corrected chi connectivity index (χ3v) is 4.58. The van der Waals surface area contributed by atoms with Gasteiger partial charge in [0.1, 0.15) is 5.75 Å². The summed E-state index contributed by atoms with van der Waals surface area (Å²) in [4.78, 5) is 11.3. The van der Waals surface area contributed by atoms with Gasteiger partial charge in [-0.25, -0.2) is 4.79 Å². The monoisotopic (exact) mass is 290 g/mol. The van der Waals surface area contributed by atoms with Gasteiger partial charge in [0.15, 0.2) is 0 Å². The van der Waals surface area contributed by atoms with Crippen LogP contribution in [0.25, 0.3) is 0 Å². The summed E-state index contributed by atoms with van der Waals surface area (Å²) in [7, 11) is -1.61. The minimum Gasteiger partial charge on any atom is -0.465 e. The molecule has 0 saturated heterocycles. The van der Waals surface area contributed by atoms with Crippen molar-refractivity contribution in [2.45, 2.75) is 0 Å². The fraction of sp³-hybridized carbons (Fsp3) is 0.133. The zero-order valence-corrected chi connectivity index (χ0v) is 12.2. The van der Waals surface area contributed by atoms with Crippen molar-refractivity contribution in [1.82, 2.24) is 0 Å². The highest BCUT2D eigenvalue weighted by atomic mass is 31.2. The standard InChI is InChI=1S/C15H15O4P/c1-18-15(16)12-8-10-13(11-9-12)19-20(2,17)14-6-4-3-5-7-14/h3-11H,1-2H3/t20-/m1/s1. The Morgan fingerprint density at radius 3 is 2.15 bits per heavy atom. The quantitative estimate of drug-likeness (QED) is 0.641. The second-order valence-electron chi connectivity index (χ2n) is 4.29. The molecular formula is C15H15O4P. The van der Waals surface area contributed by atoms with Gasteiger partial charge in [0, 0.05) is 12.0 Å². The van der Waals surface area contributed by atoms with Gasteiger partial charge >= 0.3 is 5.97 Å². The van der Waals surface area contributed by atoms with Crippen LogP contribution in [0.1, 0.15) is 10.4 Å². The zero-order chi connectivity index (χ0) is 14.6. The minimum atomic E-state index is -2.93. The van der Waals surface area contributed by atoms with Crippen LogP contribution in [0.5, 0.6) is 5.75 Å². The van der Waals surface area contributed by atoms with Gasteiger partial charge in [-0.1, -0.05) is 18.2 Å². The highest BCUT2D eigenvalue weighted by Crippen LogP contribution is 2.41. The lowest BCUT2D eigenvalue weighted by Gasteiger charge is -2.15. The van der Waals surface area contributed by atoms with E-state index in [1.165, 1.54) is 7.11 Å². The molecule has 0 bridgehead atoms. The van der Waals surface area contributed by atoms with Gasteiger partial charge in [-0.3, -0.25) is 4.57 Å². The molecule has 0 unspecified atom stereocenters. The normalized spacial score (nSPS) is 13.3. The maximum atomic E-state index is 12.5. The van der Waals surface area contributed by atoms with Crippen molar-refractivity contribution in [2.75, 3.05) is 13.8 Å². The molecule has 0 N–H and O–H groups in total. The number of esters is 1. The summed E-state index contributed by atoms with van der Waals surface area (Å²) >= 11 is 0. The second kappa shape index (κ2) is 5.93. The molecule has 0 aromatic heterocycles. The Morgan fingerprint density at radius 1 is 1.00 bits per heavy atom. The first-order chi connectivity index (χ1) is 9.53. The van der Waals surface area contributed by atoms with Gasteiger partial charge in [-0.2, -0.15) is 0 Å². The molecule has 2 aromatic carbocycles. The Hall–Kier alpha value is -2.06. The molecule has 0 saturated carbocycles. The Bertz CT molecular complexity index is 635. The van der Waals surface area contributed by atoms with Crippen LogP contribution in [-0.4, -0.2) is 19.7 Å². The van der Waals surface area contributed by atoms with Crippen molar-refractivity contribution in [3.63, 3.8) is 0 Å². The largest absolute Gasteiger partial charge is 0.465 e. The fourth-order valence-electron chi connectivity index (χ4n) is 1.72. The van der Waals surface area contributed by atoms with E-state index in [0.29, 0.717) is 16.6 Å². The molecule has 2 aromatic rings. The SMILES string of the molecule is COC(=O)c1ccc(O[P@@](C)(=O)c2ccccc2)cc1. The predicted octanol–water partition coefficient (Wildman–Crippen LogP) is 3.09. The van der Waals surface area contributed by atoms with E-state index in [2.05, 4.69) is 4.74 Å². The number of rotatable bonds is 4. The molecule has 0 spiro atoms. The first-order valence-corrected chi connectivity index (χ1v) is 8.11. The molecule has 4 nitrogen and oxygen atoms in total. The summed E-state index contributed by atoms with van der Waals surface area (Å²) in [6.07, 6.45) is 0. The summed E-state index contributed by atoms with van der Waals surface area (Å²) in [5.74, 6) is 0.0339. The molecule has 0 heterocycles. The molecule has 2 rings (SSSR count). The number of hydrogen-bond acceptors (Lipinski definition) is 4. The number of hydrogen-bond donors (Lipinski definition) is 0. The van der Waals surface area contributed by atoms with Crippen molar-refractivity contribution in [3.05, 3.63) is 60.2 Å². The Balaban J connectivity index is 2.18. The van der Waals surface area contributed by atoms with Gasteiger partial charge in [-0.15, -0.1) is 0 Å². The molecule has 0 amide bonds. The van der Waals surface area contributed by atoms with E-state index in [0.717, 1.165) is 0 Å². The lowest BCUT2D eigenvalue weighted by molar-refractivity contribution is 0.0600. The van der Waals surface area contributed by atoms with Crippen molar-refractivity contribution in [1.29, 1.82) is 0 Å². The van der Waals surface area contributed by atoms with Crippen molar-refractivity contribution >= 4 is 18.6 Å². The van der Waals surface area contributed by atoms with Gasteiger partial charge in [-0.05, 0) is 36.4 Å². The maximum Gasteiger partial charge on any atom is 0.337 e. The first-order valence-electron chi connectivity index (χ1n) is 6.04. The van der Waals surface area contributed by atoms with Crippen LogP contribution in [0.3, 0.4) is 0 Å². The Labute approximate surface area is 117 Å². The number of methoxy groups -OCH3 is 1. The number of ether oxygens (including phenoxy) is 1. The summed E-state index contributed by atoms with van der Waals surface area (Å²) in [6, 6.07) is 15.4. The topological polar surface area (TPSA) is 52.6 Å². The molecular weight excluding hydrogens is 275 g/mol. The lowest BCUT2D eigenvalue weighted by Crippen LogP contribution is -2.08. The molecule has 0 aliphatic heterocycles. The Kier molecular flexibility index (Phi) is 4.26. The highest BCUT2D eigenvalue weighted by Gasteiger charge is 2.20. The summed E-state index contributed by atoms with van der Waals surface area (Å²) < 4.78 is 22.7. The molecule has 20 heavy (non-hydrogen) atoms. The van der Waals surface area contributed by atoms with Crippen LogP contribution >= 0.6 is 7.37 Å². The van der Waals surface area contributed by atoms with E-state index in [1.54, 1.807) is 43.1 Å². The average molecular weight is 290 g/mol. The van der Waals surface area contributed by atoms with Crippen LogP contribution in [0.15, 0.2) is 54.6 Å². The van der Waals surface area contributed by atoms with Gasteiger partial charge < -0.3 is 9.26 Å². The van der Waals surface area contributed by atoms with Gasteiger partial charge in [0.25, 0.3) is 7.37 Å². The van der Waals surface area contributed by atoms with Gasteiger partial charge in [0.2, 0.25) is 0 Å². The Morgan fingerprint density at radius 2 is 1.60 bits per heavy atom. The fourth-order valence-corrected chi connectivity index (χ4v) is 3.07. The first kappa shape index (κ1) is 14.4. The van der Waals surface area contributed by atoms with Crippen molar-refractivity contribution in [3.8, 4) is 5.75 Å². The molecule has 0 aliphatic carbocycles. The summed E-state index contributed by atoms with van der Waals surface area (Å²) in [6.45, 7) is 1.57. The van der Waals surface area contributed by atoms with Gasteiger partial charge in [0.05, 0.1) is 12.7 Å². The smallest absolute Gasteiger partial charge is 0.337 e. The van der Waals surface area contributed by atoms with Crippen LogP contribution in [0.4, 0.5) is 0 Å². The molecule has 1 atom stereocenters. The molecule has 0 fully saturated rings. The predicted molar refractivity (Wildman–Crippen MR) is 78.0 cm³/mol. The zero-order valence-electron chi connectivity index (χ0n) is 11.3. The second-order valence-corrected chi connectivity index (χ2v) is 6.68. The van der Waals surface area contributed by atoms with Crippen LogP contribution in [-0.2, 0) is 9.30 Å². The van der Waals surface area contributed by atoms with Crippen molar-refractivity contribution < 1.29 is 18.6 Å². The van der Waals surface area contributed by atoms with Crippen LogP contribution < -0.4 is 9.83 Å². The summed E-state index contributed by atoms with van der Waals surface area (Å²) in [5.41, 5.74) is 0.422. The van der Waals surface area contributed by atoms with E-state index in [9.17, 15) is 9.36 Å². The maximum absolute atomic E-state index is 12.5. The van der Waals surface area contributed by atoms with E-state index in [1.807, 2.05) is 18.2 Å². The average Bonchev–Trinajstić information content (AvgIpc) is 2.48. The molecule has 0 radical (unpaired) electrons. The van der Waals surface area contributed by atoms with Crippen LogP contribution in [0, 0.1) is 0 Å². The van der Waals surface area contributed by atoms with Crippen LogP contribution in [0.2, 0.25) is 0 Å². The minimum absolute atomic E-state index is 0.417. The number of carbonyl (C=O) groups excluding carboxylic acids is 1. The van der Waals surface area contributed by atoms with E-state index < -0.39 is 13.3 Å². The molecule has 0 aliphatic rings. The van der Waals surface area contributed by atoms with E-state index in [4.69, 9.17) is 4.52 Å². The van der Waals surface area contributed by atoms with E-state index in [-0.39, 0.29) is 0 Å². The molecule has 104 valence electrons. The summed E-state index contributed by atoms with van der Waals surface area (Å²) in [5, 5.41) is 0.650. The number of carbonyl (C=O) groups is 1. The number of benzene rings is 2.